The Hall–Kier alpha value is -3.09. The number of carboxylic acid groups (broad SMARTS) is 1. The molecule has 0 spiro atoms. The zero-order valence-electron chi connectivity index (χ0n) is 12.1. The monoisotopic (exact) mass is 314 g/mol. The Labute approximate surface area is 131 Å². The van der Waals surface area contributed by atoms with E-state index in [1.807, 2.05) is 35.2 Å². The van der Waals surface area contributed by atoms with E-state index in [0.29, 0.717) is 18.0 Å². The van der Waals surface area contributed by atoms with Crippen LogP contribution < -0.4 is 9.64 Å². The Bertz CT molecular complexity index is 747. The van der Waals surface area contributed by atoms with Crippen molar-refractivity contribution in [2.24, 2.45) is 0 Å². The summed E-state index contributed by atoms with van der Waals surface area (Å²) in [4.78, 5) is 23.4. The molecule has 2 aromatic carbocycles. The van der Waals surface area contributed by atoms with Crippen LogP contribution in [0.5, 0.6) is 5.75 Å². The van der Waals surface area contributed by atoms with Crippen LogP contribution in [0.25, 0.3) is 0 Å². The van der Waals surface area contributed by atoms with Crippen molar-refractivity contribution in [1.82, 2.24) is 0 Å². The molecule has 0 saturated heterocycles. The maximum Gasteiger partial charge on any atom is 0.307 e. The van der Waals surface area contributed by atoms with E-state index in [4.69, 9.17) is 9.84 Å². The second-order valence-corrected chi connectivity index (χ2v) is 5.19. The van der Waals surface area contributed by atoms with Gasteiger partial charge in [-0.05, 0) is 18.2 Å². The summed E-state index contributed by atoms with van der Waals surface area (Å²) < 4.78 is 5.68. The number of hydrogen-bond acceptors (Lipinski definition) is 5. The van der Waals surface area contributed by atoms with E-state index >= 15 is 0 Å². The number of benzene rings is 2. The fraction of sp³-hybridized carbons (Fsp3) is 0.188. The first-order valence-corrected chi connectivity index (χ1v) is 7.04. The number of carboxylic acids is 1. The average molecular weight is 314 g/mol. The van der Waals surface area contributed by atoms with E-state index in [1.54, 1.807) is 0 Å². The molecule has 1 aliphatic heterocycles. The van der Waals surface area contributed by atoms with Crippen LogP contribution in [-0.4, -0.2) is 28.6 Å². The lowest BCUT2D eigenvalue weighted by Gasteiger charge is -2.35. The highest BCUT2D eigenvalue weighted by molar-refractivity contribution is 5.74. The van der Waals surface area contributed by atoms with Crippen LogP contribution in [-0.2, 0) is 4.79 Å². The first-order chi connectivity index (χ1) is 11.0. The normalized spacial score (nSPS) is 16.3. The van der Waals surface area contributed by atoms with E-state index in [9.17, 15) is 14.9 Å². The van der Waals surface area contributed by atoms with Gasteiger partial charge in [0.05, 0.1) is 23.6 Å². The number of rotatable bonds is 4. The highest BCUT2D eigenvalue weighted by Gasteiger charge is 2.29. The maximum atomic E-state index is 11.0. The Kier molecular flexibility index (Phi) is 3.84. The Balaban J connectivity index is 2.04. The summed E-state index contributed by atoms with van der Waals surface area (Å²) >= 11 is 0. The van der Waals surface area contributed by atoms with Gasteiger partial charge >= 0.3 is 5.97 Å². The van der Waals surface area contributed by atoms with Crippen LogP contribution in [0.15, 0.2) is 48.5 Å². The minimum absolute atomic E-state index is 0.0371. The molecule has 0 saturated carbocycles. The minimum Gasteiger partial charge on any atom is -0.486 e. The van der Waals surface area contributed by atoms with Gasteiger partial charge in [-0.15, -0.1) is 0 Å². The van der Waals surface area contributed by atoms with Crippen LogP contribution in [0, 0.1) is 10.1 Å². The molecule has 0 bridgehead atoms. The van der Waals surface area contributed by atoms with Gasteiger partial charge in [0.1, 0.15) is 11.9 Å². The minimum atomic E-state index is -0.951. The molecule has 7 heteroatoms. The lowest BCUT2D eigenvalue weighted by atomic mass is 10.1. The van der Waals surface area contributed by atoms with Crippen LogP contribution in [0.2, 0.25) is 0 Å². The van der Waals surface area contributed by atoms with E-state index < -0.39 is 17.0 Å². The zero-order valence-corrected chi connectivity index (χ0v) is 12.1. The van der Waals surface area contributed by atoms with Gasteiger partial charge in [-0.3, -0.25) is 14.9 Å². The summed E-state index contributed by atoms with van der Waals surface area (Å²) in [7, 11) is 0. The number of nitro benzene ring substituents is 1. The fourth-order valence-electron chi connectivity index (χ4n) is 2.60. The standard InChI is InChI=1S/C16H14N2O5/c19-16(20)9-13-10-17(11-4-2-1-3-5-11)14-8-12(18(21)22)6-7-15(14)23-13/h1-8,13H,9-10H2,(H,19,20). The third kappa shape index (κ3) is 3.08. The number of aliphatic carboxylic acids is 1. The van der Waals surface area contributed by atoms with Crippen molar-refractivity contribution in [2.45, 2.75) is 12.5 Å². The maximum absolute atomic E-state index is 11.0. The lowest BCUT2D eigenvalue weighted by molar-refractivity contribution is -0.384. The number of hydrogen-bond donors (Lipinski definition) is 1. The van der Waals surface area contributed by atoms with Crippen molar-refractivity contribution in [3.05, 3.63) is 58.6 Å². The number of para-hydroxylation sites is 1. The lowest BCUT2D eigenvalue weighted by Crippen LogP contribution is -2.38. The molecule has 1 unspecified atom stereocenters. The van der Waals surface area contributed by atoms with E-state index in [-0.39, 0.29) is 12.1 Å². The second-order valence-electron chi connectivity index (χ2n) is 5.19. The van der Waals surface area contributed by atoms with Crippen LogP contribution in [0.4, 0.5) is 17.1 Å². The summed E-state index contributed by atoms with van der Waals surface area (Å²) in [5.41, 5.74) is 1.35. The SMILES string of the molecule is O=C(O)CC1CN(c2ccccc2)c2cc([N+](=O)[O-])ccc2O1. The van der Waals surface area contributed by atoms with Crippen molar-refractivity contribution in [2.75, 3.05) is 11.4 Å². The summed E-state index contributed by atoms with van der Waals surface area (Å²) in [6.45, 7) is 0.310. The summed E-state index contributed by atoms with van der Waals surface area (Å²) in [6.07, 6.45) is -0.665. The van der Waals surface area contributed by atoms with Crippen LogP contribution >= 0.6 is 0 Å². The van der Waals surface area contributed by atoms with Crippen LogP contribution in [0.3, 0.4) is 0 Å². The van der Waals surface area contributed by atoms with Gasteiger partial charge in [0.2, 0.25) is 0 Å². The van der Waals surface area contributed by atoms with E-state index in [2.05, 4.69) is 0 Å². The molecule has 3 rings (SSSR count). The number of nitrogens with zero attached hydrogens (tertiary/aromatic N) is 2. The fourth-order valence-corrected chi connectivity index (χ4v) is 2.60. The Morgan fingerprint density at radius 3 is 2.70 bits per heavy atom. The molecule has 0 fully saturated rings. The Morgan fingerprint density at radius 1 is 1.30 bits per heavy atom. The summed E-state index contributed by atoms with van der Waals surface area (Å²) in [6, 6.07) is 13.6. The smallest absolute Gasteiger partial charge is 0.307 e. The topological polar surface area (TPSA) is 92.9 Å². The highest BCUT2D eigenvalue weighted by atomic mass is 16.6. The van der Waals surface area contributed by atoms with Gasteiger partial charge in [-0.2, -0.15) is 0 Å². The van der Waals surface area contributed by atoms with Crippen molar-refractivity contribution < 1.29 is 19.6 Å². The summed E-state index contributed by atoms with van der Waals surface area (Å²) in [5, 5.41) is 20.0. The quantitative estimate of drug-likeness (QED) is 0.689. The number of anilines is 2. The van der Waals surface area contributed by atoms with Gasteiger partial charge < -0.3 is 14.7 Å². The molecule has 2 aromatic rings. The predicted octanol–water partition coefficient (Wildman–Crippen LogP) is 2.97. The first kappa shape index (κ1) is 14.8. The molecule has 1 heterocycles. The third-order valence-corrected chi connectivity index (χ3v) is 3.59. The molecule has 23 heavy (non-hydrogen) atoms. The molecule has 1 atom stereocenters. The number of nitro groups is 1. The number of carbonyl (C=O) groups is 1. The number of ether oxygens (including phenoxy) is 1. The zero-order chi connectivity index (χ0) is 16.4. The van der Waals surface area contributed by atoms with Crippen LogP contribution in [0.1, 0.15) is 6.42 Å². The molecule has 7 nitrogen and oxygen atoms in total. The second kappa shape index (κ2) is 5.96. The molecule has 0 amide bonds. The van der Waals surface area contributed by atoms with E-state index in [0.717, 1.165) is 5.69 Å². The van der Waals surface area contributed by atoms with Gasteiger partial charge in [0, 0.05) is 17.8 Å². The molecule has 118 valence electrons. The van der Waals surface area contributed by atoms with Gasteiger partial charge in [0.25, 0.3) is 5.69 Å². The summed E-state index contributed by atoms with van der Waals surface area (Å²) in [5.74, 6) is -0.509. The molecule has 1 aliphatic rings. The molecular weight excluding hydrogens is 300 g/mol. The van der Waals surface area contributed by atoms with Gasteiger partial charge in [-0.25, -0.2) is 0 Å². The largest absolute Gasteiger partial charge is 0.486 e. The van der Waals surface area contributed by atoms with Gasteiger partial charge in [0.15, 0.2) is 0 Å². The van der Waals surface area contributed by atoms with Crippen molar-refractivity contribution in [3.8, 4) is 5.75 Å². The van der Waals surface area contributed by atoms with Gasteiger partial charge in [-0.1, -0.05) is 18.2 Å². The first-order valence-electron chi connectivity index (χ1n) is 7.04. The number of fused-ring (bicyclic) bond motifs is 1. The third-order valence-electron chi connectivity index (χ3n) is 3.59. The predicted molar refractivity (Wildman–Crippen MR) is 83.2 cm³/mol. The van der Waals surface area contributed by atoms with Crippen molar-refractivity contribution >= 4 is 23.0 Å². The highest BCUT2D eigenvalue weighted by Crippen LogP contribution is 2.40. The Morgan fingerprint density at radius 2 is 2.04 bits per heavy atom. The molecule has 0 aliphatic carbocycles. The molecule has 0 radical (unpaired) electrons. The van der Waals surface area contributed by atoms with Crippen molar-refractivity contribution in [3.63, 3.8) is 0 Å². The van der Waals surface area contributed by atoms with Crippen molar-refractivity contribution in [1.29, 1.82) is 0 Å². The molecule has 0 aromatic heterocycles. The molecule has 1 N–H and O–H groups in total. The number of non-ortho nitro benzene ring substituents is 1. The van der Waals surface area contributed by atoms with E-state index in [1.165, 1.54) is 18.2 Å². The molecular formula is C16H14N2O5. The average Bonchev–Trinajstić information content (AvgIpc) is 2.54.